The quantitative estimate of drug-likeness (QED) is 0.350. The van der Waals surface area contributed by atoms with Crippen LogP contribution in [0.3, 0.4) is 0 Å². The number of amides is 2. The van der Waals surface area contributed by atoms with Gasteiger partial charge in [-0.2, -0.15) is 0 Å². The van der Waals surface area contributed by atoms with Crippen molar-refractivity contribution in [3.63, 3.8) is 0 Å². The van der Waals surface area contributed by atoms with E-state index in [0.29, 0.717) is 37.3 Å². The van der Waals surface area contributed by atoms with E-state index in [2.05, 4.69) is 31.6 Å². The molecule has 36 heavy (non-hydrogen) atoms. The lowest BCUT2D eigenvalue weighted by Crippen LogP contribution is -2.20. The van der Waals surface area contributed by atoms with Gasteiger partial charge in [0, 0.05) is 10.2 Å². The fourth-order valence-corrected chi connectivity index (χ4v) is 4.44. The van der Waals surface area contributed by atoms with E-state index in [9.17, 15) is 14.0 Å². The molecule has 0 radical (unpaired) electrons. The minimum Gasteiger partial charge on any atom is -0.493 e. The van der Waals surface area contributed by atoms with Crippen LogP contribution in [0.25, 0.3) is 6.08 Å². The second kappa shape index (κ2) is 11.4. The van der Waals surface area contributed by atoms with Gasteiger partial charge >= 0.3 is 0 Å². The molecule has 2 amide bonds. The van der Waals surface area contributed by atoms with Crippen LogP contribution >= 0.6 is 27.7 Å². The molecule has 1 aliphatic heterocycles. The number of aryl methyl sites for hydroxylation is 1. The Morgan fingerprint density at radius 3 is 2.56 bits per heavy atom. The van der Waals surface area contributed by atoms with Crippen molar-refractivity contribution >= 4 is 62.1 Å². The Hall–Kier alpha value is -3.63. The van der Waals surface area contributed by atoms with E-state index >= 15 is 0 Å². The number of thioether (sulfide) groups is 1. The maximum absolute atomic E-state index is 13.0. The molecular formula is C26H21BrFN3O4S. The minimum absolute atomic E-state index is 0.255. The number of nitrogens with zero attached hydrogens (tertiary/aromatic N) is 1. The summed E-state index contributed by atoms with van der Waals surface area (Å²) in [6, 6.07) is 16.5. The predicted octanol–water partition coefficient (Wildman–Crippen LogP) is 5.81. The smallest absolute Gasteiger partial charge is 0.264 e. The zero-order valence-corrected chi connectivity index (χ0v) is 21.7. The van der Waals surface area contributed by atoms with Gasteiger partial charge in [0.25, 0.3) is 11.8 Å². The molecule has 0 unspecified atom stereocenters. The molecule has 0 atom stereocenters. The first kappa shape index (κ1) is 25.5. The second-order valence-electron chi connectivity index (χ2n) is 7.69. The molecule has 0 aromatic heterocycles. The number of anilines is 1. The van der Waals surface area contributed by atoms with Gasteiger partial charge in [0.1, 0.15) is 5.82 Å². The lowest BCUT2D eigenvalue weighted by atomic mass is 10.2. The first-order valence-corrected chi connectivity index (χ1v) is 12.3. The molecule has 3 aromatic rings. The number of methoxy groups -OCH3 is 1. The molecule has 10 heteroatoms. The van der Waals surface area contributed by atoms with Gasteiger partial charge in [-0.15, -0.1) is 0 Å². The summed E-state index contributed by atoms with van der Waals surface area (Å²) in [4.78, 5) is 29.7. The van der Waals surface area contributed by atoms with Gasteiger partial charge in [-0.3, -0.25) is 9.59 Å². The van der Waals surface area contributed by atoms with Crippen LogP contribution in [-0.2, 0) is 9.59 Å². The van der Waals surface area contributed by atoms with Crippen molar-refractivity contribution in [2.45, 2.75) is 6.92 Å². The van der Waals surface area contributed by atoms with Crippen molar-refractivity contribution in [2.24, 2.45) is 4.99 Å². The number of benzene rings is 3. The average Bonchev–Trinajstić information content (AvgIpc) is 3.20. The highest BCUT2D eigenvalue weighted by Gasteiger charge is 2.24. The molecule has 1 aliphatic rings. The molecule has 4 rings (SSSR count). The van der Waals surface area contributed by atoms with Crippen molar-refractivity contribution in [2.75, 3.05) is 19.0 Å². The molecule has 2 N–H and O–H groups in total. The summed E-state index contributed by atoms with van der Waals surface area (Å²) in [5.74, 6) is -0.334. The van der Waals surface area contributed by atoms with Crippen molar-refractivity contribution in [1.82, 2.24) is 5.32 Å². The van der Waals surface area contributed by atoms with E-state index in [1.807, 2.05) is 31.2 Å². The number of carbonyl (C=O) groups excluding carboxylic acids is 2. The third-order valence-corrected chi connectivity index (χ3v) is 6.57. The summed E-state index contributed by atoms with van der Waals surface area (Å²) in [7, 11) is 1.48. The van der Waals surface area contributed by atoms with Crippen molar-refractivity contribution < 1.29 is 23.5 Å². The number of ether oxygens (including phenoxy) is 2. The number of halogens is 2. The summed E-state index contributed by atoms with van der Waals surface area (Å²) in [6.45, 7) is 1.72. The Balaban J connectivity index is 1.46. The largest absolute Gasteiger partial charge is 0.493 e. The maximum Gasteiger partial charge on any atom is 0.264 e. The van der Waals surface area contributed by atoms with Crippen LogP contribution in [0.4, 0.5) is 15.8 Å². The van der Waals surface area contributed by atoms with Gasteiger partial charge in [-0.1, -0.05) is 33.6 Å². The summed E-state index contributed by atoms with van der Waals surface area (Å²) in [5, 5.41) is 5.89. The number of carbonyl (C=O) groups is 2. The number of hydrogen-bond acceptors (Lipinski definition) is 6. The van der Waals surface area contributed by atoms with Gasteiger partial charge in [-0.25, -0.2) is 9.38 Å². The average molecular weight is 570 g/mol. The monoisotopic (exact) mass is 569 g/mol. The fourth-order valence-electron chi connectivity index (χ4n) is 3.17. The zero-order valence-electron chi connectivity index (χ0n) is 19.3. The summed E-state index contributed by atoms with van der Waals surface area (Å²) in [5.41, 5.74) is 3.02. The van der Waals surface area contributed by atoms with E-state index in [4.69, 9.17) is 9.47 Å². The highest BCUT2D eigenvalue weighted by atomic mass is 79.9. The Labute approximate surface area is 219 Å². The third-order valence-electron chi connectivity index (χ3n) is 4.97. The number of aliphatic imine (C=N–C) groups is 1. The molecule has 0 aliphatic carbocycles. The number of rotatable bonds is 7. The van der Waals surface area contributed by atoms with E-state index in [0.717, 1.165) is 11.3 Å². The van der Waals surface area contributed by atoms with Crippen molar-refractivity contribution in [1.29, 1.82) is 0 Å². The standard InChI is InChI=1S/C26H21BrFN3O4S/c1-15-3-7-19(8-4-15)30-26-31-25(33)23(36-26)12-16-11-21(34-2)22(13-20(16)27)35-14-24(32)29-18-9-5-17(28)6-10-18/h3-13H,14H2,1-2H3,(H,29,32)(H,30,31,33)/b23-12+. The molecular weight excluding hydrogens is 549 g/mol. The van der Waals surface area contributed by atoms with Crippen LogP contribution in [0.2, 0.25) is 0 Å². The topological polar surface area (TPSA) is 89.0 Å². The Bertz CT molecular complexity index is 1360. The molecule has 3 aromatic carbocycles. The highest BCUT2D eigenvalue weighted by molar-refractivity contribution is 9.10. The van der Waals surface area contributed by atoms with Crippen molar-refractivity contribution in [3.8, 4) is 11.5 Å². The lowest BCUT2D eigenvalue weighted by Gasteiger charge is -2.13. The molecule has 1 fully saturated rings. The van der Waals surface area contributed by atoms with Gasteiger partial charge in [0.15, 0.2) is 23.3 Å². The molecule has 184 valence electrons. The normalized spacial score (nSPS) is 15.2. The van der Waals surface area contributed by atoms with Gasteiger partial charge in [0.05, 0.1) is 17.7 Å². The predicted molar refractivity (Wildman–Crippen MR) is 143 cm³/mol. The van der Waals surface area contributed by atoms with Gasteiger partial charge in [0.2, 0.25) is 0 Å². The second-order valence-corrected chi connectivity index (χ2v) is 9.57. The highest BCUT2D eigenvalue weighted by Crippen LogP contribution is 2.36. The van der Waals surface area contributed by atoms with E-state index in [-0.39, 0.29) is 12.5 Å². The molecule has 0 saturated carbocycles. The summed E-state index contributed by atoms with van der Waals surface area (Å²) < 4.78 is 24.7. The fraction of sp³-hybridized carbons (Fsp3) is 0.115. The van der Waals surface area contributed by atoms with E-state index < -0.39 is 11.7 Å². The zero-order chi connectivity index (χ0) is 25.7. The maximum atomic E-state index is 13.0. The van der Waals surface area contributed by atoms with Crippen LogP contribution in [0.15, 0.2) is 75.0 Å². The number of nitrogens with one attached hydrogen (secondary N) is 2. The van der Waals surface area contributed by atoms with Crippen LogP contribution in [-0.4, -0.2) is 30.7 Å². The Morgan fingerprint density at radius 1 is 1.14 bits per heavy atom. The molecule has 7 nitrogen and oxygen atoms in total. The van der Waals surface area contributed by atoms with Gasteiger partial charge in [-0.05, 0) is 78.9 Å². The molecule has 1 saturated heterocycles. The Kier molecular flexibility index (Phi) is 8.07. The van der Waals surface area contributed by atoms with Crippen LogP contribution in [0.5, 0.6) is 11.5 Å². The van der Waals surface area contributed by atoms with Gasteiger partial charge < -0.3 is 20.1 Å². The lowest BCUT2D eigenvalue weighted by molar-refractivity contribution is -0.118. The van der Waals surface area contributed by atoms with Crippen molar-refractivity contribution in [3.05, 3.63) is 87.0 Å². The first-order valence-electron chi connectivity index (χ1n) is 10.7. The van der Waals surface area contributed by atoms with Crippen LogP contribution < -0.4 is 20.1 Å². The first-order chi connectivity index (χ1) is 17.3. The summed E-state index contributed by atoms with van der Waals surface area (Å²) in [6.07, 6.45) is 1.72. The molecule has 1 heterocycles. The molecule has 0 bridgehead atoms. The van der Waals surface area contributed by atoms with Crippen LogP contribution in [0.1, 0.15) is 11.1 Å². The molecule has 0 spiro atoms. The SMILES string of the molecule is COc1cc(/C=C2/SC(=Nc3ccc(C)cc3)NC2=O)c(Br)cc1OCC(=O)Nc1ccc(F)cc1. The minimum atomic E-state index is -0.412. The number of hydrogen-bond donors (Lipinski definition) is 2. The van der Waals surface area contributed by atoms with E-state index in [1.165, 1.54) is 43.1 Å². The number of amidine groups is 1. The third kappa shape index (κ3) is 6.52. The van der Waals surface area contributed by atoms with Crippen LogP contribution in [0, 0.1) is 12.7 Å². The summed E-state index contributed by atoms with van der Waals surface area (Å²) >= 11 is 4.73. The van der Waals surface area contributed by atoms with E-state index in [1.54, 1.807) is 18.2 Å². The Morgan fingerprint density at radius 2 is 1.86 bits per heavy atom.